The molecule has 7 nitrogen and oxygen atoms in total. The number of hydrogen-bond acceptors (Lipinski definition) is 4. The van der Waals surface area contributed by atoms with Gasteiger partial charge in [-0.05, 0) is 12.0 Å². The highest BCUT2D eigenvalue weighted by atomic mass is 16.4. The monoisotopic (exact) mass is 222 g/mol. The second kappa shape index (κ2) is 3.69. The fourth-order valence-corrected chi connectivity index (χ4v) is 1.56. The molecule has 0 saturated carbocycles. The van der Waals surface area contributed by atoms with Gasteiger partial charge < -0.3 is 15.8 Å². The van der Waals surface area contributed by atoms with Crippen molar-refractivity contribution in [1.82, 2.24) is 15.0 Å². The number of anilines is 1. The van der Waals surface area contributed by atoms with Gasteiger partial charge in [0.05, 0.1) is 5.39 Å². The molecule has 0 spiro atoms. The smallest absolute Gasteiger partial charge is 0.303 e. The van der Waals surface area contributed by atoms with Crippen LogP contribution < -0.4 is 11.3 Å². The van der Waals surface area contributed by atoms with Gasteiger partial charge in [0.1, 0.15) is 5.65 Å². The van der Waals surface area contributed by atoms with E-state index < -0.39 is 5.97 Å². The number of fused-ring (bicyclic) bond motifs is 1. The van der Waals surface area contributed by atoms with Gasteiger partial charge in [-0.15, -0.1) is 0 Å². The maximum Gasteiger partial charge on any atom is 0.303 e. The van der Waals surface area contributed by atoms with Crippen molar-refractivity contribution in [3.63, 3.8) is 0 Å². The minimum atomic E-state index is -0.908. The van der Waals surface area contributed by atoms with Gasteiger partial charge in [0.2, 0.25) is 5.95 Å². The zero-order valence-electron chi connectivity index (χ0n) is 8.28. The van der Waals surface area contributed by atoms with Crippen LogP contribution in [0.1, 0.15) is 12.0 Å². The van der Waals surface area contributed by atoms with Crippen molar-refractivity contribution < 1.29 is 9.90 Å². The third-order valence-corrected chi connectivity index (χ3v) is 2.25. The van der Waals surface area contributed by atoms with Gasteiger partial charge >= 0.3 is 5.97 Å². The van der Waals surface area contributed by atoms with Crippen LogP contribution in [0.15, 0.2) is 11.0 Å². The number of nitrogens with two attached hydrogens (primary N) is 1. The number of H-pyrrole nitrogens is 2. The molecule has 0 bridgehead atoms. The molecule has 2 aromatic heterocycles. The average molecular weight is 222 g/mol. The van der Waals surface area contributed by atoms with Crippen molar-refractivity contribution >= 4 is 23.0 Å². The maximum absolute atomic E-state index is 11.6. The Morgan fingerprint density at radius 3 is 3.00 bits per heavy atom. The van der Waals surface area contributed by atoms with Gasteiger partial charge in [-0.2, -0.15) is 4.98 Å². The zero-order valence-corrected chi connectivity index (χ0v) is 8.28. The molecule has 2 aromatic rings. The van der Waals surface area contributed by atoms with E-state index in [4.69, 9.17) is 10.8 Å². The van der Waals surface area contributed by atoms with Crippen molar-refractivity contribution in [2.45, 2.75) is 12.8 Å². The summed E-state index contributed by atoms with van der Waals surface area (Å²) < 4.78 is 0. The Morgan fingerprint density at radius 2 is 2.31 bits per heavy atom. The Hall–Kier alpha value is -2.31. The standard InChI is InChI=1S/C9H10N4O3/c10-9-12-7-6(8(16)13-9)4(3-11-7)1-2-5(14)15/h3H,1-2H2,(H,14,15)(H4,10,11,12,13,16). The number of nitrogens with zero attached hydrogens (tertiary/aromatic N) is 1. The van der Waals surface area contributed by atoms with Crippen LogP contribution in [0.5, 0.6) is 0 Å². The number of nitrogen functional groups attached to an aromatic ring is 1. The Balaban J connectivity index is 2.48. The number of aryl methyl sites for hydroxylation is 1. The molecule has 2 heterocycles. The Morgan fingerprint density at radius 1 is 1.56 bits per heavy atom. The van der Waals surface area contributed by atoms with E-state index in [1.807, 2.05) is 0 Å². The third kappa shape index (κ3) is 1.74. The highest BCUT2D eigenvalue weighted by Crippen LogP contribution is 2.14. The first-order valence-electron chi connectivity index (χ1n) is 4.65. The number of rotatable bonds is 3. The van der Waals surface area contributed by atoms with Crippen LogP contribution in [0.2, 0.25) is 0 Å². The summed E-state index contributed by atoms with van der Waals surface area (Å²) in [6, 6.07) is 0. The van der Waals surface area contributed by atoms with Gasteiger partial charge in [0.25, 0.3) is 5.56 Å². The highest BCUT2D eigenvalue weighted by Gasteiger charge is 2.10. The predicted octanol–water partition coefficient (Wildman–Crippen LogP) is -0.149. The lowest BCUT2D eigenvalue weighted by Crippen LogP contribution is -2.11. The summed E-state index contributed by atoms with van der Waals surface area (Å²) in [6.45, 7) is 0. The topological polar surface area (TPSA) is 125 Å². The normalized spacial score (nSPS) is 10.8. The fourth-order valence-electron chi connectivity index (χ4n) is 1.56. The van der Waals surface area contributed by atoms with Gasteiger partial charge in [-0.3, -0.25) is 14.6 Å². The maximum atomic E-state index is 11.6. The molecule has 0 aliphatic rings. The molecule has 0 saturated heterocycles. The van der Waals surface area contributed by atoms with Crippen molar-refractivity contribution in [3.05, 3.63) is 22.1 Å². The van der Waals surface area contributed by atoms with Crippen molar-refractivity contribution in [2.75, 3.05) is 5.73 Å². The van der Waals surface area contributed by atoms with Gasteiger partial charge in [0.15, 0.2) is 0 Å². The molecule has 0 radical (unpaired) electrons. The van der Waals surface area contributed by atoms with Gasteiger partial charge in [-0.25, -0.2) is 0 Å². The molecule has 0 fully saturated rings. The largest absolute Gasteiger partial charge is 0.481 e. The number of aromatic amines is 2. The zero-order chi connectivity index (χ0) is 11.7. The first-order chi connectivity index (χ1) is 7.58. The number of aromatic nitrogens is 3. The minimum absolute atomic E-state index is 0.0310. The summed E-state index contributed by atoms with van der Waals surface area (Å²) in [6.07, 6.45) is 1.83. The molecule has 0 aliphatic carbocycles. The third-order valence-electron chi connectivity index (χ3n) is 2.25. The number of carboxylic acid groups (broad SMARTS) is 1. The number of aliphatic carboxylic acids is 1. The molecule has 0 aromatic carbocycles. The Bertz CT molecular complexity index is 598. The SMILES string of the molecule is Nc1nc2[nH]cc(CCC(=O)O)c2c(=O)[nH]1. The molecular formula is C9H10N4O3. The molecular weight excluding hydrogens is 212 g/mol. The molecule has 0 unspecified atom stereocenters. The van der Waals surface area contributed by atoms with Crippen LogP contribution in [0, 0.1) is 0 Å². The van der Waals surface area contributed by atoms with E-state index in [2.05, 4.69) is 15.0 Å². The molecule has 0 amide bonds. The van der Waals surface area contributed by atoms with E-state index in [1.54, 1.807) is 6.20 Å². The highest BCUT2D eigenvalue weighted by molar-refractivity contribution is 5.80. The van der Waals surface area contributed by atoms with E-state index in [9.17, 15) is 9.59 Å². The number of carboxylic acids is 1. The van der Waals surface area contributed by atoms with Crippen LogP contribution in [0.4, 0.5) is 5.95 Å². The summed E-state index contributed by atoms with van der Waals surface area (Å²) >= 11 is 0. The molecule has 16 heavy (non-hydrogen) atoms. The van der Waals surface area contributed by atoms with Crippen LogP contribution in [0.3, 0.4) is 0 Å². The molecule has 7 heteroatoms. The molecule has 2 rings (SSSR count). The van der Waals surface area contributed by atoms with E-state index in [1.165, 1.54) is 0 Å². The number of nitrogens with one attached hydrogen (secondary N) is 2. The number of carbonyl (C=O) groups is 1. The lowest BCUT2D eigenvalue weighted by molar-refractivity contribution is -0.136. The summed E-state index contributed by atoms with van der Waals surface area (Å²) in [7, 11) is 0. The van der Waals surface area contributed by atoms with Crippen LogP contribution in [0.25, 0.3) is 11.0 Å². The summed E-state index contributed by atoms with van der Waals surface area (Å²) in [5.41, 5.74) is 6.03. The molecule has 0 aliphatic heterocycles. The first-order valence-corrected chi connectivity index (χ1v) is 4.65. The summed E-state index contributed by atoms with van der Waals surface area (Å²) in [4.78, 5) is 31.1. The van der Waals surface area contributed by atoms with E-state index in [0.29, 0.717) is 16.6 Å². The summed E-state index contributed by atoms with van der Waals surface area (Å²) in [5.74, 6) is -0.877. The van der Waals surface area contributed by atoms with Crippen LogP contribution >= 0.6 is 0 Å². The lowest BCUT2D eigenvalue weighted by Gasteiger charge is -1.96. The van der Waals surface area contributed by atoms with Crippen LogP contribution in [-0.4, -0.2) is 26.0 Å². The second-order valence-electron chi connectivity index (χ2n) is 3.38. The van der Waals surface area contributed by atoms with Crippen molar-refractivity contribution in [1.29, 1.82) is 0 Å². The van der Waals surface area contributed by atoms with E-state index >= 15 is 0 Å². The predicted molar refractivity (Wildman–Crippen MR) is 57.1 cm³/mol. The van der Waals surface area contributed by atoms with Crippen LogP contribution in [-0.2, 0) is 11.2 Å². The van der Waals surface area contributed by atoms with Crippen molar-refractivity contribution in [3.8, 4) is 0 Å². The van der Waals surface area contributed by atoms with E-state index in [-0.39, 0.29) is 24.3 Å². The van der Waals surface area contributed by atoms with E-state index in [0.717, 1.165) is 0 Å². The minimum Gasteiger partial charge on any atom is -0.481 e. The van der Waals surface area contributed by atoms with Gasteiger partial charge in [-0.1, -0.05) is 0 Å². The van der Waals surface area contributed by atoms with Gasteiger partial charge in [0, 0.05) is 12.6 Å². The van der Waals surface area contributed by atoms with Crippen molar-refractivity contribution in [2.24, 2.45) is 0 Å². The average Bonchev–Trinajstić information content (AvgIpc) is 2.57. The lowest BCUT2D eigenvalue weighted by atomic mass is 10.1. The first kappa shape index (κ1) is 10.2. The Kier molecular flexibility index (Phi) is 2.35. The number of hydrogen-bond donors (Lipinski definition) is 4. The molecule has 84 valence electrons. The Labute approximate surface area is 89.3 Å². The fraction of sp³-hybridized carbons (Fsp3) is 0.222. The molecule has 0 atom stereocenters. The quantitative estimate of drug-likeness (QED) is 0.574. The second-order valence-corrected chi connectivity index (χ2v) is 3.38. The summed E-state index contributed by atoms with van der Waals surface area (Å²) in [5, 5.41) is 8.94. The molecule has 5 N–H and O–H groups in total.